The van der Waals surface area contributed by atoms with Crippen LogP contribution in [0.2, 0.25) is 5.02 Å². The third-order valence-corrected chi connectivity index (χ3v) is 3.06. The van der Waals surface area contributed by atoms with Gasteiger partial charge in [-0.25, -0.2) is 4.79 Å². The lowest BCUT2D eigenvalue weighted by Crippen LogP contribution is -2.20. The minimum atomic E-state index is -0.976. The van der Waals surface area contributed by atoms with Crippen LogP contribution in [0.25, 0.3) is 0 Å². The maximum atomic E-state index is 11.4. The van der Waals surface area contributed by atoms with Gasteiger partial charge in [-0.1, -0.05) is 23.7 Å². The molecule has 0 amide bonds. The van der Waals surface area contributed by atoms with Gasteiger partial charge in [0.05, 0.1) is 16.9 Å². The highest BCUT2D eigenvalue weighted by Crippen LogP contribution is 2.26. The number of aromatic nitrogens is 2. The smallest absolute Gasteiger partial charge is 0.330 e. The zero-order valence-corrected chi connectivity index (χ0v) is 11.1. The number of carbonyl (C=O) groups is 1. The van der Waals surface area contributed by atoms with Crippen molar-refractivity contribution in [3.05, 3.63) is 47.2 Å². The zero-order valence-electron chi connectivity index (χ0n) is 10.4. The normalized spacial score (nSPS) is 12.1. The van der Waals surface area contributed by atoms with Crippen LogP contribution >= 0.6 is 11.6 Å². The van der Waals surface area contributed by atoms with Crippen LogP contribution in [0.3, 0.4) is 0 Å². The Balaban J connectivity index is 2.26. The molecule has 0 aliphatic carbocycles. The van der Waals surface area contributed by atoms with Crippen molar-refractivity contribution in [2.45, 2.75) is 19.5 Å². The second-order valence-electron chi connectivity index (χ2n) is 4.02. The van der Waals surface area contributed by atoms with Crippen molar-refractivity contribution in [1.29, 1.82) is 0 Å². The molecule has 0 aliphatic heterocycles. The summed E-state index contributed by atoms with van der Waals surface area (Å²) >= 11 is 6.02. The molecule has 0 bridgehead atoms. The van der Waals surface area contributed by atoms with Crippen LogP contribution in [0.5, 0.6) is 0 Å². The van der Waals surface area contributed by atoms with Crippen molar-refractivity contribution in [3.63, 3.8) is 0 Å². The van der Waals surface area contributed by atoms with Gasteiger partial charge in [-0.3, -0.25) is 4.68 Å². The molecule has 1 aromatic heterocycles. The first kappa shape index (κ1) is 13.4. The van der Waals surface area contributed by atoms with E-state index >= 15 is 0 Å². The van der Waals surface area contributed by atoms with Crippen LogP contribution in [0.4, 0.5) is 5.69 Å². The minimum absolute atomic E-state index is 0.483. The van der Waals surface area contributed by atoms with Gasteiger partial charge in [-0.2, -0.15) is 5.10 Å². The Morgan fingerprint density at radius 1 is 1.53 bits per heavy atom. The van der Waals surface area contributed by atoms with Gasteiger partial charge >= 0.3 is 5.97 Å². The van der Waals surface area contributed by atoms with E-state index in [-0.39, 0.29) is 0 Å². The Labute approximate surface area is 115 Å². The molecule has 0 saturated heterocycles. The van der Waals surface area contributed by atoms with Crippen molar-refractivity contribution in [3.8, 4) is 0 Å². The fraction of sp³-hybridized carbons (Fsp3) is 0.231. The molecule has 5 nitrogen and oxygen atoms in total. The van der Waals surface area contributed by atoms with E-state index in [0.29, 0.717) is 22.8 Å². The summed E-state index contributed by atoms with van der Waals surface area (Å²) in [6, 6.07) is 6.15. The highest BCUT2D eigenvalue weighted by atomic mass is 35.5. The van der Waals surface area contributed by atoms with Crippen LogP contribution in [0.1, 0.15) is 18.5 Å². The SMILES string of the molecule is CCn1cc(C(Nc2ccccc2Cl)C(=O)O)cn1. The summed E-state index contributed by atoms with van der Waals surface area (Å²) < 4.78 is 1.68. The van der Waals surface area contributed by atoms with Gasteiger partial charge in [0.2, 0.25) is 0 Å². The average Bonchev–Trinajstić information content (AvgIpc) is 2.86. The van der Waals surface area contributed by atoms with Crippen molar-refractivity contribution in [1.82, 2.24) is 9.78 Å². The van der Waals surface area contributed by atoms with E-state index in [1.807, 2.05) is 6.92 Å². The molecule has 6 heteroatoms. The summed E-state index contributed by atoms with van der Waals surface area (Å²) in [6.07, 6.45) is 3.26. The number of nitrogens with one attached hydrogen (secondary N) is 1. The zero-order chi connectivity index (χ0) is 13.8. The second-order valence-corrected chi connectivity index (χ2v) is 4.43. The largest absolute Gasteiger partial charge is 0.479 e. The third-order valence-electron chi connectivity index (χ3n) is 2.73. The highest BCUT2D eigenvalue weighted by Gasteiger charge is 2.22. The third kappa shape index (κ3) is 3.06. The van der Waals surface area contributed by atoms with E-state index in [0.717, 1.165) is 0 Å². The predicted octanol–water partition coefficient (Wildman–Crippen LogP) is 2.79. The lowest BCUT2D eigenvalue weighted by Gasteiger charge is -2.15. The Morgan fingerprint density at radius 3 is 2.84 bits per heavy atom. The van der Waals surface area contributed by atoms with Crippen molar-refractivity contribution in [2.75, 3.05) is 5.32 Å². The number of rotatable bonds is 5. The Bertz CT molecular complexity index is 583. The molecule has 2 N–H and O–H groups in total. The number of benzene rings is 1. The first-order chi connectivity index (χ1) is 9.11. The molecule has 1 aromatic carbocycles. The number of hydrogen-bond donors (Lipinski definition) is 2. The van der Waals surface area contributed by atoms with Gasteiger partial charge in [0.1, 0.15) is 0 Å². The average molecular weight is 280 g/mol. The van der Waals surface area contributed by atoms with E-state index in [2.05, 4.69) is 10.4 Å². The van der Waals surface area contributed by atoms with Gasteiger partial charge in [-0.05, 0) is 19.1 Å². The van der Waals surface area contributed by atoms with E-state index in [1.165, 1.54) is 0 Å². The van der Waals surface area contributed by atoms with Crippen molar-refractivity contribution < 1.29 is 9.90 Å². The summed E-state index contributed by atoms with van der Waals surface area (Å²) in [5.74, 6) is -0.976. The maximum absolute atomic E-state index is 11.4. The van der Waals surface area contributed by atoms with Gasteiger partial charge in [-0.15, -0.1) is 0 Å². The molecule has 0 aliphatic rings. The fourth-order valence-corrected chi connectivity index (χ4v) is 1.91. The predicted molar refractivity (Wildman–Crippen MR) is 73.4 cm³/mol. The van der Waals surface area contributed by atoms with Gasteiger partial charge in [0.25, 0.3) is 0 Å². The maximum Gasteiger partial charge on any atom is 0.330 e. The molecule has 0 spiro atoms. The van der Waals surface area contributed by atoms with Crippen LogP contribution < -0.4 is 5.32 Å². The Kier molecular flexibility index (Phi) is 4.06. The molecule has 19 heavy (non-hydrogen) atoms. The van der Waals surface area contributed by atoms with E-state index in [4.69, 9.17) is 11.6 Å². The monoisotopic (exact) mass is 279 g/mol. The quantitative estimate of drug-likeness (QED) is 0.883. The molecule has 1 atom stereocenters. The van der Waals surface area contributed by atoms with Gasteiger partial charge < -0.3 is 10.4 Å². The van der Waals surface area contributed by atoms with E-state index < -0.39 is 12.0 Å². The van der Waals surface area contributed by atoms with Crippen LogP contribution in [-0.2, 0) is 11.3 Å². The summed E-state index contributed by atoms with van der Waals surface area (Å²) in [5.41, 5.74) is 1.18. The number of carboxylic acids is 1. The molecule has 0 saturated carbocycles. The number of para-hydroxylation sites is 1. The number of hydrogen-bond acceptors (Lipinski definition) is 3. The summed E-state index contributed by atoms with van der Waals surface area (Å²) in [7, 11) is 0. The lowest BCUT2D eigenvalue weighted by atomic mass is 10.1. The molecule has 0 radical (unpaired) electrons. The Hall–Kier alpha value is -2.01. The highest BCUT2D eigenvalue weighted by molar-refractivity contribution is 6.33. The standard InChI is InChI=1S/C13H14ClN3O2/c1-2-17-8-9(7-15-17)12(13(18)19)16-11-6-4-3-5-10(11)14/h3-8,12,16H,2H2,1H3,(H,18,19). The van der Waals surface area contributed by atoms with Gasteiger partial charge in [0, 0.05) is 18.3 Å². The number of aliphatic carboxylic acids is 1. The molecule has 100 valence electrons. The first-order valence-corrected chi connectivity index (χ1v) is 6.26. The first-order valence-electron chi connectivity index (χ1n) is 5.88. The number of anilines is 1. The molecule has 1 heterocycles. The topological polar surface area (TPSA) is 67.2 Å². The van der Waals surface area contributed by atoms with Gasteiger partial charge in [0.15, 0.2) is 6.04 Å². The molecular formula is C13H14ClN3O2. The molecule has 2 aromatic rings. The summed E-state index contributed by atoms with van der Waals surface area (Å²) in [6.45, 7) is 2.63. The number of halogens is 1. The van der Waals surface area contributed by atoms with E-state index in [1.54, 1.807) is 41.3 Å². The number of aryl methyl sites for hydroxylation is 1. The van der Waals surface area contributed by atoms with Crippen LogP contribution in [-0.4, -0.2) is 20.9 Å². The molecule has 0 fully saturated rings. The van der Waals surface area contributed by atoms with Crippen molar-refractivity contribution >= 4 is 23.3 Å². The number of carboxylic acid groups (broad SMARTS) is 1. The molecule has 1 unspecified atom stereocenters. The summed E-state index contributed by atoms with van der Waals surface area (Å²) in [4.78, 5) is 11.4. The lowest BCUT2D eigenvalue weighted by molar-refractivity contribution is -0.138. The van der Waals surface area contributed by atoms with Crippen LogP contribution in [0, 0.1) is 0 Å². The molecular weight excluding hydrogens is 266 g/mol. The molecule has 2 rings (SSSR count). The van der Waals surface area contributed by atoms with Crippen LogP contribution in [0.15, 0.2) is 36.7 Å². The fourth-order valence-electron chi connectivity index (χ4n) is 1.72. The van der Waals surface area contributed by atoms with Crippen molar-refractivity contribution in [2.24, 2.45) is 0 Å². The summed E-state index contributed by atoms with van der Waals surface area (Å²) in [5, 5.41) is 16.8. The Morgan fingerprint density at radius 2 is 2.26 bits per heavy atom. The number of nitrogens with zero attached hydrogens (tertiary/aromatic N) is 2. The van der Waals surface area contributed by atoms with E-state index in [9.17, 15) is 9.90 Å². The minimum Gasteiger partial charge on any atom is -0.479 e. The second kappa shape index (κ2) is 5.75.